The first kappa shape index (κ1) is 22.3. The van der Waals surface area contributed by atoms with E-state index in [1.807, 2.05) is 6.20 Å². The molecule has 0 bridgehead atoms. The van der Waals surface area contributed by atoms with E-state index in [-0.39, 0.29) is 10.8 Å². The number of hydrogen-bond acceptors (Lipinski definition) is 2. The highest BCUT2D eigenvalue weighted by Crippen LogP contribution is 2.51. The fourth-order valence-corrected chi connectivity index (χ4v) is 6.33. The summed E-state index contributed by atoms with van der Waals surface area (Å²) in [4.78, 5) is 4.89. The highest BCUT2D eigenvalue weighted by atomic mass is 16.3. The first-order chi connectivity index (χ1) is 16.6. The SMILES string of the molecule is Cc1cc2c(c3oc4c(-c5cc(C(C)C)c6ccccc6c5)nccc4c13)C(C)(C)CCC2(C)C. The molecule has 0 spiro atoms. The first-order valence-corrected chi connectivity index (χ1v) is 13.0. The minimum absolute atomic E-state index is 0.0754. The second-order valence-corrected chi connectivity index (χ2v) is 12.2. The predicted octanol–water partition coefficient (Wildman–Crippen LogP) is 9.58. The molecule has 1 aliphatic rings. The van der Waals surface area contributed by atoms with Crippen LogP contribution in [0, 0.1) is 6.92 Å². The molecule has 0 saturated heterocycles. The molecule has 3 aromatic carbocycles. The summed E-state index contributed by atoms with van der Waals surface area (Å²) < 4.78 is 6.90. The Morgan fingerprint density at radius 1 is 0.857 bits per heavy atom. The quantitative estimate of drug-likeness (QED) is 0.261. The van der Waals surface area contributed by atoms with Crippen LogP contribution in [0.3, 0.4) is 0 Å². The summed E-state index contributed by atoms with van der Waals surface area (Å²) in [5, 5.41) is 4.98. The number of furan rings is 1. The number of aromatic nitrogens is 1. The van der Waals surface area contributed by atoms with Crippen LogP contribution in [-0.4, -0.2) is 4.98 Å². The van der Waals surface area contributed by atoms with Gasteiger partial charge in [-0.15, -0.1) is 0 Å². The van der Waals surface area contributed by atoms with Crippen molar-refractivity contribution in [3.05, 3.63) is 77.0 Å². The highest BCUT2D eigenvalue weighted by molar-refractivity contribution is 6.12. The third-order valence-electron chi connectivity index (χ3n) is 8.43. The molecule has 2 aromatic heterocycles. The number of fused-ring (bicyclic) bond motifs is 6. The van der Waals surface area contributed by atoms with E-state index in [0.717, 1.165) is 28.8 Å². The Hall–Kier alpha value is -3.13. The van der Waals surface area contributed by atoms with Crippen molar-refractivity contribution in [2.24, 2.45) is 0 Å². The summed E-state index contributed by atoms with van der Waals surface area (Å²) in [5.74, 6) is 0.423. The maximum absolute atomic E-state index is 6.90. The fourth-order valence-electron chi connectivity index (χ4n) is 6.33. The van der Waals surface area contributed by atoms with E-state index < -0.39 is 0 Å². The van der Waals surface area contributed by atoms with Gasteiger partial charge in [-0.1, -0.05) is 71.9 Å². The molecule has 178 valence electrons. The molecule has 2 heterocycles. The number of rotatable bonds is 2. The minimum atomic E-state index is 0.0754. The zero-order chi connectivity index (χ0) is 24.7. The van der Waals surface area contributed by atoms with E-state index >= 15 is 0 Å². The molecule has 0 atom stereocenters. The van der Waals surface area contributed by atoms with Crippen LogP contribution in [0.15, 0.2) is 59.1 Å². The molecule has 35 heavy (non-hydrogen) atoms. The van der Waals surface area contributed by atoms with Crippen molar-refractivity contribution in [3.63, 3.8) is 0 Å². The molecule has 0 saturated carbocycles. The van der Waals surface area contributed by atoms with Crippen LogP contribution in [-0.2, 0) is 10.8 Å². The van der Waals surface area contributed by atoms with Gasteiger partial charge in [-0.2, -0.15) is 0 Å². The molecule has 2 heteroatoms. The van der Waals surface area contributed by atoms with Crippen molar-refractivity contribution in [2.45, 2.75) is 78.1 Å². The fraction of sp³-hybridized carbons (Fsp3) is 0.364. The zero-order valence-corrected chi connectivity index (χ0v) is 22.0. The van der Waals surface area contributed by atoms with Crippen molar-refractivity contribution in [2.75, 3.05) is 0 Å². The molecule has 0 aliphatic heterocycles. The molecular formula is C33H35NO. The first-order valence-electron chi connectivity index (χ1n) is 13.0. The lowest BCUT2D eigenvalue weighted by molar-refractivity contribution is 0.331. The topological polar surface area (TPSA) is 26.0 Å². The van der Waals surface area contributed by atoms with Crippen LogP contribution in [0.2, 0.25) is 0 Å². The maximum Gasteiger partial charge on any atom is 0.161 e. The predicted molar refractivity (Wildman–Crippen MR) is 149 cm³/mol. The highest BCUT2D eigenvalue weighted by Gasteiger charge is 2.40. The van der Waals surface area contributed by atoms with Gasteiger partial charge < -0.3 is 4.42 Å². The summed E-state index contributed by atoms with van der Waals surface area (Å²) in [6.07, 6.45) is 4.31. The van der Waals surface area contributed by atoms with Gasteiger partial charge in [0.2, 0.25) is 0 Å². The van der Waals surface area contributed by atoms with Gasteiger partial charge in [0, 0.05) is 28.1 Å². The van der Waals surface area contributed by atoms with E-state index in [4.69, 9.17) is 9.40 Å². The van der Waals surface area contributed by atoms with Crippen LogP contribution < -0.4 is 0 Å². The lowest BCUT2D eigenvalue weighted by Crippen LogP contribution is -2.34. The number of aryl methyl sites for hydroxylation is 1. The van der Waals surface area contributed by atoms with Gasteiger partial charge in [0.05, 0.1) is 0 Å². The van der Waals surface area contributed by atoms with Crippen LogP contribution >= 0.6 is 0 Å². The van der Waals surface area contributed by atoms with Crippen molar-refractivity contribution in [1.29, 1.82) is 0 Å². The molecule has 5 aromatic rings. The number of pyridine rings is 1. The normalized spacial score (nSPS) is 16.9. The summed E-state index contributed by atoms with van der Waals surface area (Å²) >= 11 is 0. The van der Waals surface area contributed by atoms with Gasteiger partial charge in [-0.3, -0.25) is 4.98 Å². The number of nitrogens with zero attached hydrogens (tertiary/aromatic N) is 1. The van der Waals surface area contributed by atoms with E-state index in [0.29, 0.717) is 5.92 Å². The number of benzene rings is 3. The van der Waals surface area contributed by atoms with Crippen molar-refractivity contribution < 1.29 is 4.42 Å². The Bertz CT molecular complexity index is 1630. The molecule has 1 aliphatic carbocycles. The Labute approximate surface area is 208 Å². The van der Waals surface area contributed by atoms with E-state index in [1.165, 1.54) is 50.2 Å². The van der Waals surface area contributed by atoms with Crippen molar-refractivity contribution in [3.8, 4) is 11.3 Å². The average molecular weight is 462 g/mol. The van der Waals surface area contributed by atoms with Crippen molar-refractivity contribution >= 4 is 32.7 Å². The average Bonchev–Trinajstić information content (AvgIpc) is 3.21. The molecule has 6 rings (SSSR count). The largest absolute Gasteiger partial charge is 0.453 e. The third-order valence-corrected chi connectivity index (χ3v) is 8.43. The second-order valence-electron chi connectivity index (χ2n) is 12.2. The van der Waals surface area contributed by atoms with Crippen LogP contribution in [0.1, 0.15) is 82.6 Å². The Kier molecular flexibility index (Phi) is 4.75. The van der Waals surface area contributed by atoms with Gasteiger partial charge in [0.25, 0.3) is 0 Å². The van der Waals surface area contributed by atoms with Crippen molar-refractivity contribution in [1.82, 2.24) is 4.98 Å². The summed E-state index contributed by atoms with van der Waals surface area (Å²) in [6, 6.07) is 17.8. The molecule has 2 nitrogen and oxygen atoms in total. The molecule has 0 fully saturated rings. The minimum Gasteiger partial charge on any atom is -0.453 e. The standard InChI is InChI=1S/C33H35NO/c1-19(2)25-18-22(17-21-10-8-9-11-23(21)25)29-30-24(12-15-34-29)27-20(3)16-26-28(31(27)35-30)33(6,7)14-13-32(26,4)5/h8-12,15-19H,13-14H2,1-7H3. The van der Waals surface area contributed by atoms with E-state index in [2.05, 4.69) is 97.0 Å². The maximum atomic E-state index is 6.90. The Balaban J connectivity index is 1.71. The van der Waals surface area contributed by atoms with Gasteiger partial charge in [0.1, 0.15) is 11.3 Å². The summed E-state index contributed by atoms with van der Waals surface area (Å²) in [5.41, 5.74) is 9.73. The van der Waals surface area contributed by atoms with Gasteiger partial charge in [-0.25, -0.2) is 0 Å². The van der Waals surface area contributed by atoms with E-state index in [9.17, 15) is 0 Å². The van der Waals surface area contributed by atoms with Gasteiger partial charge in [-0.05, 0) is 82.2 Å². The Morgan fingerprint density at radius 2 is 1.60 bits per heavy atom. The molecule has 0 radical (unpaired) electrons. The molecule has 0 unspecified atom stereocenters. The summed E-state index contributed by atoms with van der Waals surface area (Å²) in [6.45, 7) is 16.3. The van der Waals surface area contributed by atoms with Gasteiger partial charge in [0.15, 0.2) is 5.58 Å². The van der Waals surface area contributed by atoms with Crippen LogP contribution in [0.25, 0.3) is 44.0 Å². The Morgan fingerprint density at radius 3 is 2.37 bits per heavy atom. The number of hydrogen-bond donors (Lipinski definition) is 0. The summed E-state index contributed by atoms with van der Waals surface area (Å²) in [7, 11) is 0. The second kappa shape index (κ2) is 7.43. The van der Waals surface area contributed by atoms with E-state index in [1.54, 1.807) is 0 Å². The molecular weight excluding hydrogens is 426 g/mol. The smallest absolute Gasteiger partial charge is 0.161 e. The lowest BCUT2D eigenvalue weighted by atomic mass is 9.62. The monoisotopic (exact) mass is 461 g/mol. The zero-order valence-electron chi connectivity index (χ0n) is 22.0. The third kappa shape index (κ3) is 3.26. The van der Waals surface area contributed by atoms with Crippen LogP contribution in [0.4, 0.5) is 0 Å². The van der Waals surface area contributed by atoms with Crippen LogP contribution in [0.5, 0.6) is 0 Å². The molecule has 0 N–H and O–H groups in total. The molecule has 0 amide bonds. The lowest BCUT2D eigenvalue weighted by Gasteiger charge is -2.41. The van der Waals surface area contributed by atoms with Gasteiger partial charge >= 0.3 is 0 Å².